The summed E-state index contributed by atoms with van der Waals surface area (Å²) in [5.41, 5.74) is 0.695. The average Bonchev–Trinajstić information content (AvgIpc) is 2.66. The van der Waals surface area contributed by atoms with Crippen molar-refractivity contribution in [3.63, 3.8) is 0 Å². The SMILES string of the molecule is O=C(O)/C=C/c1cccc(OC2CCS(=O)(=O)C2)c1. The Hall–Kier alpha value is -1.82. The molecule has 0 bridgehead atoms. The maximum absolute atomic E-state index is 11.3. The summed E-state index contributed by atoms with van der Waals surface area (Å²) < 4.78 is 28.2. The second-order valence-corrected chi connectivity index (χ2v) is 6.62. The van der Waals surface area contributed by atoms with E-state index in [1.54, 1.807) is 24.3 Å². The van der Waals surface area contributed by atoms with E-state index < -0.39 is 15.8 Å². The lowest BCUT2D eigenvalue weighted by Gasteiger charge is -2.12. The molecule has 0 aromatic heterocycles. The molecule has 0 radical (unpaired) electrons. The van der Waals surface area contributed by atoms with Crippen LogP contribution in [0.4, 0.5) is 0 Å². The molecular formula is C13H14O5S. The maximum atomic E-state index is 11.3. The van der Waals surface area contributed by atoms with Crippen molar-refractivity contribution in [3.8, 4) is 5.75 Å². The summed E-state index contributed by atoms with van der Waals surface area (Å²) in [6.07, 6.45) is 2.68. The molecule has 1 aliphatic heterocycles. The second kappa shape index (κ2) is 5.44. The van der Waals surface area contributed by atoms with Gasteiger partial charge in [0.15, 0.2) is 9.84 Å². The fraction of sp³-hybridized carbons (Fsp3) is 0.308. The molecule has 1 aromatic carbocycles. The summed E-state index contributed by atoms with van der Waals surface area (Å²) in [5, 5.41) is 8.55. The largest absolute Gasteiger partial charge is 0.489 e. The van der Waals surface area contributed by atoms with Crippen LogP contribution in [0, 0.1) is 0 Å². The Kier molecular flexibility index (Phi) is 3.90. The van der Waals surface area contributed by atoms with E-state index in [1.807, 2.05) is 0 Å². The summed E-state index contributed by atoms with van der Waals surface area (Å²) in [6, 6.07) is 6.89. The van der Waals surface area contributed by atoms with Gasteiger partial charge in [-0.05, 0) is 30.2 Å². The fourth-order valence-corrected chi connectivity index (χ4v) is 3.50. The van der Waals surface area contributed by atoms with Crippen molar-refractivity contribution in [1.82, 2.24) is 0 Å². The number of carboxylic acid groups (broad SMARTS) is 1. The molecule has 1 saturated heterocycles. The molecule has 0 saturated carbocycles. The van der Waals surface area contributed by atoms with Gasteiger partial charge in [-0.25, -0.2) is 13.2 Å². The Labute approximate surface area is 111 Å². The summed E-state index contributed by atoms with van der Waals surface area (Å²) in [6.45, 7) is 0. The number of hydrogen-bond acceptors (Lipinski definition) is 4. The molecule has 1 atom stereocenters. The molecule has 0 amide bonds. The Bertz CT molecular complexity index is 603. The molecule has 1 aromatic rings. The van der Waals surface area contributed by atoms with Gasteiger partial charge in [0.05, 0.1) is 11.5 Å². The lowest BCUT2D eigenvalue weighted by atomic mass is 10.2. The number of sulfone groups is 1. The number of benzene rings is 1. The molecule has 1 fully saturated rings. The molecule has 2 rings (SSSR count). The van der Waals surface area contributed by atoms with E-state index in [1.165, 1.54) is 6.08 Å². The lowest BCUT2D eigenvalue weighted by molar-refractivity contribution is -0.131. The van der Waals surface area contributed by atoms with E-state index in [4.69, 9.17) is 9.84 Å². The molecular weight excluding hydrogens is 268 g/mol. The highest BCUT2D eigenvalue weighted by Gasteiger charge is 2.29. The molecule has 1 heterocycles. The van der Waals surface area contributed by atoms with Crippen molar-refractivity contribution in [2.24, 2.45) is 0 Å². The minimum Gasteiger partial charge on any atom is -0.489 e. The number of carbonyl (C=O) groups is 1. The number of hydrogen-bond donors (Lipinski definition) is 1. The zero-order chi connectivity index (χ0) is 13.9. The van der Waals surface area contributed by atoms with Crippen LogP contribution in [-0.4, -0.2) is 37.1 Å². The molecule has 6 heteroatoms. The Morgan fingerprint density at radius 3 is 2.84 bits per heavy atom. The number of carboxylic acids is 1. The zero-order valence-corrected chi connectivity index (χ0v) is 11.0. The quantitative estimate of drug-likeness (QED) is 0.843. The van der Waals surface area contributed by atoms with Crippen LogP contribution in [0.2, 0.25) is 0 Å². The zero-order valence-electron chi connectivity index (χ0n) is 10.2. The minimum absolute atomic E-state index is 0.0438. The van der Waals surface area contributed by atoms with Gasteiger partial charge >= 0.3 is 5.97 Å². The molecule has 1 N–H and O–H groups in total. The van der Waals surface area contributed by atoms with Gasteiger partial charge in [0.25, 0.3) is 0 Å². The average molecular weight is 282 g/mol. The summed E-state index contributed by atoms with van der Waals surface area (Å²) >= 11 is 0. The highest BCUT2D eigenvalue weighted by atomic mass is 32.2. The van der Waals surface area contributed by atoms with E-state index in [0.29, 0.717) is 17.7 Å². The minimum atomic E-state index is -2.96. The normalized spacial score (nSPS) is 21.6. The third kappa shape index (κ3) is 4.10. The molecule has 5 nitrogen and oxygen atoms in total. The van der Waals surface area contributed by atoms with Gasteiger partial charge in [-0.3, -0.25) is 0 Å². The van der Waals surface area contributed by atoms with E-state index in [2.05, 4.69) is 0 Å². The third-order valence-corrected chi connectivity index (χ3v) is 4.51. The highest BCUT2D eigenvalue weighted by Crippen LogP contribution is 2.21. The second-order valence-electron chi connectivity index (χ2n) is 4.39. The highest BCUT2D eigenvalue weighted by molar-refractivity contribution is 7.91. The smallest absolute Gasteiger partial charge is 0.328 e. The van der Waals surface area contributed by atoms with E-state index in [0.717, 1.165) is 6.08 Å². The number of ether oxygens (including phenoxy) is 1. The van der Waals surface area contributed by atoms with Crippen LogP contribution in [0.1, 0.15) is 12.0 Å². The first-order valence-corrected chi connectivity index (χ1v) is 7.65. The Morgan fingerprint density at radius 2 is 2.21 bits per heavy atom. The predicted octanol–water partition coefficient (Wildman–Crippen LogP) is 1.35. The van der Waals surface area contributed by atoms with Crippen molar-refractivity contribution < 1.29 is 23.1 Å². The van der Waals surface area contributed by atoms with Crippen LogP contribution in [0.5, 0.6) is 5.75 Å². The fourth-order valence-electron chi connectivity index (χ4n) is 1.91. The third-order valence-electron chi connectivity index (χ3n) is 2.77. The molecule has 0 spiro atoms. The van der Waals surface area contributed by atoms with Gasteiger partial charge in [-0.2, -0.15) is 0 Å². The van der Waals surface area contributed by atoms with Crippen molar-refractivity contribution in [3.05, 3.63) is 35.9 Å². The first kappa shape index (κ1) is 13.6. The van der Waals surface area contributed by atoms with E-state index in [-0.39, 0.29) is 17.6 Å². The van der Waals surface area contributed by atoms with Gasteiger partial charge in [0.2, 0.25) is 0 Å². The van der Waals surface area contributed by atoms with Gasteiger partial charge in [0, 0.05) is 6.08 Å². The van der Waals surface area contributed by atoms with Crippen molar-refractivity contribution >= 4 is 21.9 Å². The van der Waals surface area contributed by atoms with Gasteiger partial charge < -0.3 is 9.84 Å². The number of rotatable bonds is 4. The Morgan fingerprint density at radius 1 is 1.42 bits per heavy atom. The van der Waals surface area contributed by atoms with Gasteiger partial charge in [-0.15, -0.1) is 0 Å². The van der Waals surface area contributed by atoms with Crippen LogP contribution in [-0.2, 0) is 14.6 Å². The lowest BCUT2D eigenvalue weighted by Crippen LogP contribution is -2.17. The van der Waals surface area contributed by atoms with Crippen LogP contribution in [0.15, 0.2) is 30.3 Å². The van der Waals surface area contributed by atoms with Crippen molar-refractivity contribution in [2.75, 3.05) is 11.5 Å². The van der Waals surface area contributed by atoms with Crippen LogP contribution < -0.4 is 4.74 Å². The van der Waals surface area contributed by atoms with Gasteiger partial charge in [-0.1, -0.05) is 12.1 Å². The summed E-state index contributed by atoms with van der Waals surface area (Å²) in [5.74, 6) is -0.263. The van der Waals surface area contributed by atoms with E-state index >= 15 is 0 Å². The van der Waals surface area contributed by atoms with Crippen molar-refractivity contribution in [1.29, 1.82) is 0 Å². The molecule has 1 aliphatic rings. The van der Waals surface area contributed by atoms with E-state index in [9.17, 15) is 13.2 Å². The molecule has 102 valence electrons. The first-order valence-electron chi connectivity index (χ1n) is 5.83. The van der Waals surface area contributed by atoms with Gasteiger partial charge in [0.1, 0.15) is 11.9 Å². The van der Waals surface area contributed by atoms with Crippen LogP contribution in [0.25, 0.3) is 6.08 Å². The van der Waals surface area contributed by atoms with Crippen LogP contribution in [0.3, 0.4) is 0 Å². The topological polar surface area (TPSA) is 80.7 Å². The Balaban J connectivity index is 2.05. The van der Waals surface area contributed by atoms with Crippen LogP contribution >= 0.6 is 0 Å². The predicted molar refractivity (Wildman–Crippen MR) is 70.8 cm³/mol. The number of aliphatic carboxylic acids is 1. The van der Waals surface area contributed by atoms with Crippen molar-refractivity contribution in [2.45, 2.75) is 12.5 Å². The summed E-state index contributed by atoms with van der Waals surface area (Å²) in [4.78, 5) is 10.4. The maximum Gasteiger partial charge on any atom is 0.328 e. The molecule has 0 aliphatic carbocycles. The molecule has 19 heavy (non-hydrogen) atoms. The monoisotopic (exact) mass is 282 g/mol. The first-order chi connectivity index (χ1) is 8.94. The summed E-state index contributed by atoms with van der Waals surface area (Å²) in [7, 11) is -2.96. The standard InChI is InChI=1S/C13H14O5S/c14-13(15)5-4-10-2-1-3-11(8-10)18-12-6-7-19(16,17)9-12/h1-5,8,12H,6-7,9H2,(H,14,15)/b5-4+. The molecule has 1 unspecified atom stereocenters.